The Morgan fingerprint density at radius 1 is 1.20 bits per heavy atom. The van der Waals surface area contributed by atoms with Gasteiger partial charge in [0.25, 0.3) is 5.91 Å². The number of hydrogen-bond acceptors (Lipinski definition) is 6. The van der Waals surface area contributed by atoms with Gasteiger partial charge in [-0.25, -0.2) is 18.6 Å². The molecule has 0 aliphatic carbocycles. The van der Waals surface area contributed by atoms with Crippen molar-refractivity contribution in [1.82, 2.24) is 10.1 Å². The van der Waals surface area contributed by atoms with E-state index >= 15 is 0 Å². The van der Waals surface area contributed by atoms with Crippen LogP contribution < -0.4 is 14.9 Å². The van der Waals surface area contributed by atoms with Gasteiger partial charge >= 0.3 is 0 Å². The molecule has 132 valence electrons. The lowest BCUT2D eigenvalue weighted by molar-refractivity contribution is -0.119. The molecule has 25 heavy (non-hydrogen) atoms. The van der Waals surface area contributed by atoms with Crippen molar-refractivity contribution in [2.45, 2.75) is 4.90 Å². The number of nitrogens with zero attached hydrogens (tertiary/aromatic N) is 1. The molecule has 0 atom stereocenters. The van der Waals surface area contributed by atoms with Crippen molar-refractivity contribution in [2.24, 2.45) is 5.10 Å². The third-order valence-electron chi connectivity index (χ3n) is 3.12. The largest absolute Gasteiger partial charge is 0.504 e. The molecule has 2 aromatic carbocycles. The Labute approximate surface area is 145 Å². The molecule has 0 aromatic heterocycles. The quantitative estimate of drug-likeness (QED) is 0.498. The van der Waals surface area contributed by atoms with Gasteiger partial charge in [0.1, 0.15) is 0 Å². The van der Waals surface area contributed by atoms with Crippen LogP contribution in [0.2, 0.25) is 0 Å². The first-order valence-electron chi connectivity index (χ1n) is 7.16. The number of aromatic hydroxyl groups is 1. The molecule has 3 N–H and O–H groups in total. The summed E-state index contributed by atoms with van der Waals surface area (Å²) in [5.74, 6) is -0.503. The highest BCUT2D eigenvalue weighted by molar-refractivity contribution is 7.89. The molecule has 0 saturated carbocycles. The van der Waals surface area contributed by atoms with Crippen molar-refractivity contribution in [1.29, 1.82) is 0 Å². The molecule has 0 bridgehead atoms. The molecule has 0 aliphatic rings. The Kier molecular flexibility index (Phi) is 6.09. The molecular formula is C16H17N3O5S. The van der Waals surface area contributed by atoms with Gasteiger partial charge in [0.15, 0.2) is 11.5 Å². The fourth-order valence-corrected chi connectivity index (χ4v) is 2.87. The van der Waals surface area contributed by atoms with E-state index in [1.807, 2.05) is 0 Å². The highest BCUT2D eigenvalue weighted by Gasteiger charge is 2.14. The number of rotatable bonds is 7. The minimum atomic E-state index is -3.77. The zero-order valence-electron chi connectivity index (χ0n) is 13.3. The van der Waals surface area contributed by atoms with Crippen LogP contribution in [0.4, 0.5) is 0 Å². The number of carbonyl (C=O) groups excluding carboxylic acids is 1. The lowest BCUT2D eigenvalue weighted by Crippen LogP contribution is -2.34. The van der Waals surface area contributed by atoms with Crippen LogP contribution in [0.3, 0.4) is 0 Å². The SMILES string of the molecule is COc1cccc(/C=N\NC(=O)CNS(=O)(=O)c2ccccc2)c1O. The molecule has 0 saturated heterocycles. The van der Waals surface area contributed by atoms with Crippen molar-refractivity contribution >= 4 is 22.1 Å². The summed E-state index contributed by atoms with van der Waals surface area (Å²) in [5, 5.41) is 13.5. The molecule has 9 heteroatoms. The Balaban J connectivity index is 1.91. The van der Waals surface area contributed by atoms with Crippen molar-refractivity contribution < 1.29 is 23.1 Å². The third-order valence-corrected chi connectivity index (χ3v) is 4.54. The second-order valence-electron chi connectivity index (χ2n) is 4.83. The number of phenolic OH excluding ortho intramolecular Hbond substituents is 1. The van der Waals surface area contributed by atoms with Gasteiger partial charge in [-0.15, -0.1) is 0 Å². The third kappa shape index (κ3) is 5.03. The fraction of sp³-hybridized carbons (Fsp3) is 0.125. The molecule has 2 aromatic rings. The molecule has 0 fully saturated rings. The number of amides is 1. The second-order valence-corrected chi connectivity index (χ2v) is 6.60. The average Bonchev–Trinajstić information content (AvgIpc) is 2.62. The highest BCUT2D eigenvalue weighted by Crippen LogP contribution is 2.27. The Hall–Kier alpha value is -2.91. The van der Waals surface area contributed by atoms with E-state index in [2.05, 4.69) is 15.2 Å². The van der Waals surface area contributed by atoms with Gasteiger partial charge in [0.05, 0.1) is 24.8 Å². The molecule has 0 unspecified atom stereocenters. The number of carbonyl (C=O) groups is 1. The maximum Gasteiger partial charge on any atom is 0.255 e. The first kappa shape index (κ1) is 18.4. The van der Waals surface area contributed by atoms with Gasteiger partial charge in [-0.2, -0.15) is 5.10 Å². The standard InChI is InChI=1S/C16H17N3O5S/c1-24-14-9-5-6-12(16(14)21)10-17-19-15(20)11-18-25(22,23)13-7-3-2-4-8-13/h2-10,18,21H,11H2,1H3,(H,19,20)/b17-10-. The van der Waals surface area contributed by atoms with E-state index in [4.69, 9.17) is 4.74 Å². The van der Waals surface area contributed by atoms with Crippen LogP contribution in [-0.2, 0) is 14.8 Å². The Bertz CT molecular complexity index is 867. The zero-order chi connectivity index (χ0) is 18.3. The van der Waals surface area contributed by atoms with Gasteiger partial charge in [0.2, 0.25) is 10.0 Å². The predicted octanol–water partition coefficient (Wildman–Crippen LogP) is 0.829. The predicted molar refractivity (Wildman–Crippen MR) is 92.0 cm³/mol. The molecular weight excluding hydrogens is 346 g/mol. The van der Waals surface area contributed by atoms with E-state index in [1.54, 1.807) is 36.4 Å². The van der Waals surface area contributed by atoms with E-state index in [-0.39, 0.29) is 16.4 Å². The van der Waals surface area contributed by atoms with Crippen LogP contribution in [0, 0.1) is 0 Å². The highest BCUT2D eigenvalue weighted by atomic mass is 32.2. The van der Waals surface area contributed by atoms with Gasteiger partial charge in [-0.3, -0.25) is 4.79 Å². The first-order chi connectivity index (χ1) is 11.9. The summed E-state index contributed by atoms with van der Waals surface area (Å²) in [4.78, 5) is 11.7. The average molecular weight is 363 g/mol. The molecule has 1 amide bonds. The number of methoxy groups -OCH3 is 1. The Morgan fingerprint density at radius 3 is 2.60 bits per heavy atom. The summed E-state index contributed by atoms with van der Waals surface area (Å²) in [6, 6.07) is 12.5. The lowest BCUT2D eigenvalue weighted by atomic mass is 10.2. The lowest BCUT2D eigenvalue weighted by Gasteiger charge is -2.06. The van der Waals surface area contributed by atoms with Crippen LogP contribution in [-0.4, -0.2) is 39.3 Å². The maximum atomic E-state index is 12.0. The number of para-hydroxylation sites is 1. The van der Waals surface area contributed by atoms with Crippen molar-refractivity contribution in [2.75, 3.05) is 13.7 Å². The fourth-order valence-electron chi connectivity index (χ4n) is 1.87. The van der Waals surface area contributed by atoms with Crippen molar-refractivity contribution in [3.8, 4) is 11.5 Å². The summed E-state index contributed by atoms with van der Waals surface area (Å²) in [6.07, 6.45) is 1.22. The van der Waals surface area contributed by atoms with Crippen LogP contribution in [0.5, 0.6) is 11.5 Å². The van der Waals surface area contributed by atoms with Gasteiger partial charge < -0.3 is 9.84 Å². The first-order valence-corrected chi connectivity index (χ1v) is 8.65. The zero-order valence-corrected chi connectivity index (χ0v) is 14.2. The van der Waals surface area contributed by atoms with Crippen LogP contribution in [0.15, 0.2) is 58.5 Å². The number of hydrazone groups is 1. The minimum Gasteiger partial charge on any atom is -0.504 e. The van der Waals surface area contributed by atoms with E-state index in [9.17, 15) is 18.3 Å². The number of ether oxygens (including phenoxy) is 1. The van der Waals surface area contributed by atoms with Gasteiger partial charge in [-0.05, 0) is 24.3 Å². The summed E-state index contributed by atoms with van der Waals surface area (Å²) >= 11 is 0. The molecule has 0 heterocycles. The molecule has 0 radical (unpaired) electrons. The smallest absolute Gasteiger partial charge is 0.255 e. The topological polar surface area (TPSA) is 117 Å². The molecule has 2 rings (SSSR count). The number of sulfonamides is 1. The monoisotopic (exact) mass is 363 g/mol. The summed E-state index contributed by atoms with van der Waals surface area (Å²) in [5.41, 5.74) is 2.51. The molecule has 0 aliphatic heterocycles. The van der Waals surface area contributed by atoms with Crippen molar-refractivity contribution in [3.05, 3.63) is 54.1 Å². The number of nitrogens with one attached hydrogen (secondary N) is 2. The van der Waals surface area contributed by atoms with E-state index in [0.29, 0.717) is 5.56 Å². The number of phenols is 1. The van der Waals surface area contributed by atoms with Crippen molar-refractivity contribution in [3.63, 3.8) is 0 Å². The van der Waals surface area contributed by atoms with E-state index in [1.165, 1.54) is 25.5 Å². The summed E-state index contributed by atoms with van der Waals surface area (Å²) < 4.78 is 31.1. The maximum absolute atomic E-state index is 12.0. The number of benzene rings is 2. The van der Waals surface area contributed by atoms with E-state index < -0.39 is 22.5 Å². The van der Waals surface area contributed by atoms with E-state index in [0.717, 1.165) is 0 Å². The van der Waals surface area contributed by atoms with Crippen LogP contribution in [0.25, 0.3) is 0 Å². The second kappa shape index (κ2) is 8.27. The van der Waals surface area contributed by atoms with Gasteiger partial charge in [0, 0.05) is 5.56 Å². The van der Waals surface area contributed by atoms with Crippen LogP contribution in [0.1, 0.15) is 5.56 Å². The van der Waals surface area contributed by atoms with Gasteiger partial charge in [-0.1, -0.05) is 24.3 Å². The normalized spacial score (nSPS) is 11.4. The summed E-state index contributed by atoms with van der Waals surface area (Å²) in [7, 11) is -2.35. The van der Waals surface area contributed by atoms with Crippen LogP contribution >= 0.6 is 0 Å². The summed E-state index contributed by atoms with van der Waals surface area (Å²) in [6.45, 7) is -0.474. The minimum absolute atomic E-state index is 0.0626. The molecule has 0 spiro atoms. The molecule has 8 nitrogen and oxygen atoms in total. The Morgan fingerprint density at radius 2 is 1.92 bits per heavy atom. The number of hydrogen-bond donors (Lipinski definition) is 3.